The number of rotatable bonds is 6. The lowest BCUT2D eigenvalue weighted by Gasteiger charge is -2.14. The standard InChI is InChI=1S/C12H15NO4/c1-8(2-7-11(14)15)13-10-5-3-9(4-6-10)12(16)17/h3-6,8,13H,2,7H2,1H3,(H,14,15)(H,16,17). The molecule has 1 aromatic rings. The molecule has 0 bridgehead atoms. The monoisotopic (exact) mass is 237 g/mol. The van der Waals surface area contributed by atoms with Gasteiger partial charge in [0.25, 0.3) is 0 Å². The number of carbonyl (C=O) groups is 2. The molecule has 0 aliphatic heterocycles. The van der Waals surface area contributed by atoms with Crippen molar-refractivity contribution >= 4 is 17.6 Å². The predicted octanol–water partition coefficient (Wildman–Crippen LogP) is 2.05. The van der Waals surface area contributed by atoms with E-state index < -0.39 is 11.9 Å². The van der Waals surface area contributed by atoms with E-state index in [-0.39, 0.29) is 18.0 Å². The molecule has 1 unspecified atom stereocenters. The lowest BCUT2D eigenvalue weighted by atomic mass is 10.1. The normalized spacial score (nSPS) is 11.8. The Morgan fingerprint density at radius 3 is 2.29 bits per heavy atom. The molecular weight excluding hydrogens is 222 g/mol. The van der Waals surface area contributed by atoms with Crippen LogP contribution in [0.3, 0.4) is 0 Å². The van der Waals surface area contributed by atoms with Crippen molar-refractivity contribution < 1.29 is 19.8 Å². The number of anilines is 1. The van der Waals surface area contributed by atoms with Crippen molar-refractivity contribution in [2.75, 3.05) is 5.32 Å². The van der Waals surface area contributed by atoms with Crippen molar-refractivity contribution in [1.82, 2.24) is 0 Å². The molecule has 0 radical (unpaired) electrons. The van der Waals surface area contributed by atoms with Crippen LogP contribution in [0, 0.1) is 0 Å². The summed E-state index contributed by atoms with van der Waals surface area (Å²) in [6.07, 6.45) is 0.636. The first kappa shape index (κ1) is 13.0. The Bertz CT molecular complexity index is 399. The SMILES string of the molecule is CC(CCC(=O)O)Nc1ccc(C(=O)O)cc1. The van der Waals surface area contributed by atoms with E-state index in [9.17, 15) is 9.59 Å². The van der Waals surface area contributed by atoms with Crippen LogP contribution in [0.1, 0.15) is 30.1 Å². The second-order valence-corrected chi connectivity index (χ2v) is 3.86. The van der Waals surface area contributed by atoms with Gasteiger partial charge in [0.1, 0.15) is 0 Å². The molecule has 1 atom stereocenters. The number of carboxylic acids is 2. The highest BCUT2D eigenvalue weighted by Crippen LogP contribution is 2.12. The third-order valence-corrected chi connectivity index (χ3v) is 2.34. The summed E-state index contributed by atoms with van der Waals surface area (Å²) < 4.78 is 0. The van der Waals surface area contributed by atoms with Crippen LogP contribution in [0.2, 0.25) is 0 Å². The van der Waals surface area contributed by atoms with E-state index in [1.807, 2.05) is 6.92 Å². The van der Waals surface area contributed by atoms with Crippen LogP contribution < -0.4 is 5.32 Å². The third kappa shape index (κ3) is 4.55. The van der Waals surface area contributed by atoms with Gasteiger partial charge >= 0.3 is 11.9 Å². The maximum atomic E-state index is 10.6. The minimum atomic E-state index is -0.963. The van der Waals surface area contributed by atoms with Gasteiger partial charge in [-0.15, -0.1) is 0 Å². The largest absolute Gasteiger partial charge is 0.481 e. The van der Waals surface area contributed by atoms with Gasteiger partial charge in [-0.05, 0) is 37.6 Å². The van der Waals surface area contributed by atoms with Crippen LogP contribution in [0.5, 0.6) is 0 Å². The maximum Gasteiger partial charge on any atom is 0.335 e. The van der Waals surface area contributed by atoms with Gasteiger partial charge in [-0.3, -0.25) is 4.79 Å². The highest BCUT2D eigenvalue weighted by molar-refractivity contribution is 5.88. The molecule has 0 saturated carbocycles. The Morgan fingerprint density at radius 1 is 1.24 bits per heavy atom. The minimum Gasteiger partial charge on any atom is -0.481 e. The van der Waals surface area contributed by atoms with Crippen LogP contribution in [0.25, 0.3) is 0 Å². The van der Waals surface area contributed by atoms with Gasteiger partial charge < -0.3 is 15.5 Å². The molecule has 92 valence electrons. The number of aromatic carboxylic acids is 1. The summed E-state index contributed by atoms with van der Waals surface area (Å²) in [5.41, 5.74) is 1.02. The van der Waals surface area contributed by atoms with E-state index in [0.717, 1.165) is 5.69 Å². The lowest BCUT2D eigenvalue weighted by Crippen LogP contribution is -2.16. The average molecular weight is 237 g/mol. The zero-order valence-electron chi connectivity index (χ0n) is 9.51. The third-order valence-electron chi connectivity index (χ3n) is 2.34. The van der Waals surface area contributed by atoms with Gasteiger partial charge in [0.15, 0.2) is 0 Å². The lowest BCUT2D eigenvalue weighted by molar-refractivity contribution is -0.137. The Labute approximate surface area is 99.1 Å². The van der Waals surface area contributed by atoms with Crippen molar-refractivity contribution in [3.05, 3.63) is 29.8 Å². The number of hydrogen-bond donors (Lipinski definition) is 3. The van der Waals surface area contributed by atoms with Crippen molar-refractivity contribution in [3.8, 4) is 0 Å². The summed E-state index contributed by atoms with van der Waals surface area (Å²) in [6.45, 7) is 1.88. The average Bonchev–Trinajstić information content (AvgIpc) is 2.27. The molecule has 0 saturated heterocycles. The van der Waals surface area contributed by atoms with Gasteiger partial charge in [0.2, 0.25) is 0 Å². The molecule has 5 nitrogen and oxygen atoms in total. The van der Waals surface area contributed by atoms with Crippen LogP contribution >= 0.6 is 0 Å². The number of nitrogens with one attached hydrogen (secondary N) is 1. The molecule has 0 aromatic heterocycles. The summed E-state index contributed by atoms with van der Waals surface area (Å²) >= 11 is 0. The molecule has 17 heavy (non-hydrogen) atoms. The van der Waals surface area contributed by atoms with Gasteiger partial charge in [-0.1, -0.05) is 0 Å². The molecule has 0 fully saturated rings. The Kier molecular flexibility index (Phi) is 4.51. The van der Waals surface area contributed by atoms with Gasteiger partial charge in [0.05, 0.1) is 5.56 Å². The summed E-state index contributed by atoms with van der Waals surface area (Å²) in [6, 6.07) is 6.38. The van der Waals surface area contributed by atoms with E-state index >= 15 is 0 Å². The molecular formula is C12H15NO4. The summed E-state index contributed by atoms with van der Waals surface area (Å²) in [5, 5.41) is 20.4. The number of carboxylic acid groups (broad SMARTS) is 2. The number of aliphatic carboxylic acids is 1. The molecule has 0 heterocycles. The first-order valence-corrected chi connectivity index (χ1v) is 5.30. The number of benzene rings is 1. The Balaban J connectivity index is 2.51. The summed E-state index contributed by atoms with van der Waals surface area (Å²) in [4.78, 5) is 21.0. The van der Waals surface area contributed by atoms with Gasteiger partial charge in [0, 0.05) is 18.2 Å². The smallest absolute Gasteiger partial charge is 0.335 e. The van der Waals surface area contributed by atoms with E-state index in [1.54, 1.807) is 12.1 Å². The molecule has 1 rings (SSSR count). The minimum absolute atomic E-state index is 0.0294. The summed E-state index contributed by atoms with van der Waals surface area (Å²) in [5.74, 6) is -1.78. The van der Waals surface area contributed by atoms with Crippen LogP contribution in [0.4, 0.5) is 5.69 Å². The highest BCUT2D eigenvalue weighted by atomic mass is 16.4. The maximum absolute atomic E-state index is 10.6. The van der Waals surface area contributed by atoms with E-state index in [2.05, 4.69) is 5.32 Å². The molecule has 0 aliphatic carbocycles. The molecule has 3 N–H and O–H groups in total. The van der Waals surface area contributed by atoms with Crippen molar-refractivity contribution in [1.29, 1.82) is 0 Å². The van der Waals surface area contributed by atoms with Crippen molar-refractivity contribution in [3.63, 3.8) is 0 Å². The fraction of sp³-hybridized carbons (Fsp3) is 0.333. The predicted molar refractivity (Wildman–Crippen MR) is 63.4 cm³/mol. The van der Waals surface area contributed by atoms with Gasteiger partial charge in [-0.25, -0.2) is 4.79 Å². The molecule has 0 spiro atoms. The number of hydrogen-bond acceptors (Lipinski definition) is 3. The highest BCUT2D eigenvalue weighted by Gasteiger charge is 2.06. The fourth-order valence-corrected chi connectivity index (χ4v) is 1.41. The molecule has 1 aromatic carbocycles. The zero-order chi connectivity index (χ0) is 12.8. The van der Waals surface area contributed by atoms with E-state index in [1.165, 1.54) is 12.1 Å². The first-order valence-electron chi connectivity index (χ1n) is 5.30. The fourth-order valence-electron chi connectivity index (χ4n) is 1.41. The van der Waals surface area contributed by atoms with Crippen LogP contribution in [-0.2, 0) is 4.79 Å². The zero-order valence-corrected chi connectivity index (χ0v) is 9.51. The molecule has 0 aliphatic rings. The second-order valence-electron chi connectivity index (χ2n) is 3.86. The van der Waals surface area contributed by atoms with Crippen molar-refractivity contribution in [2.24, 2.45) is 0 Å². The van der Waals surface area contributed by atoms with E-state index in [4.69, 9.17) is 10.2 Å². The van der Waals surface area contributed by atoms with Gasteiger partial charge in [-0.2, -0.15) is 0 Å². The Hall–Kier alpha value is -2.04. The van der Waals surface area contributed by atoms with E-state index in [0.29, 0.717) is 6.42 Å². The van der Waals surface area contributed by atoms with Crippen LogP contribution in [-0.4, -0.2) is 28.2 Å². The second kappa shape index (κ2) is 5.89. The first-order chi connectivity index (χ1) is 7.99. The molecule has 0 amide bonds. The topological polar surface area (TPSA) is 86.6 Å². The molecule has 5 heteroatoms. The van der Waals surface area contributed by atoms with Crippen LogP contribution in [0.15, 0.2) is 24.3 Å². The van der Waals surface area contributed by atoms with Crippen molar-refractivity contribution in [2.45, 2.75) is 25.8 Å². The summed E-state index contributed by atoms with van der Waals surface area (Å²) in [7, 11) is 0. The Morgan fingerprint density at radius 2 is 1.82 bits per heavy atom. The quantitative estimate of drug-likeness (QED) is 0.704.